The van der Waals surface area contributed by atoms with Crippen LogP contribution in [0, 0.1) is 0 Å². The lowest BCUT2D eigenvalue weighted by Gasteiger charge is -2.05. The Balaban J connectivity index is 3.03. The Kier molecular flexibility index (Phi) is 7.20. The minimum absolute atomic E-state index is 0.384. The van der Waals surface area contributed by atoms with E-state index < -0.39 is 0 Å². The number of hydrogen-bond donors (Lipinski definition) is 1. The van der Waals surface area contributed by atoms with Crippen molar-refractivity contribution in [2.75, 3.05) is 11.5 Å². The molecule has 0 aliphatic rings. The van der Waals surface area contributed by atoms with Gasteiger partial charge in [-0.2, -0.15) is 11.8 Å². The Morgan fingerprint density at radius 3 is 2.80 bits per heavy atom. The van der Waals surface area contributed by atoms with Crippen LogP contribution in [0.4, 0.5) is 0 Å². The van der Waals surface area contributed by atoms with Gasteiger partial charge in [-0.25, -0.2) is 0 Å². The summed E-state index contributed by atoms with van der Waals surface area (Å²) in [5, 5.41) is 0. The Morgan fingerprint density at radius 1 is 1.60 bits per heavy atom. The molecule has 0 rings (SSSR count). The maximum Gasteiger partial charge on any atom is 0.0127 e. The van der Waals surface area contributed by atoms with Gasteiger partial charge in [0.1, 0.15) is 0 Å². The van der Waals surface area contributed by atoms with Gasteiger partial charge in [-0.05, 0) is 13.3 Å². The molecule has 0 aromatic rings. The van der Waals surface area contributed by atoms with Gasteiger partial charge in [0.25, 0.3) is 0 Å². The zero-order valence-electron chi connectivity index (χ0n) is 6.84. The molecule has 0 bridgehead atoms. The van der Waals surface area contributed by atoms with Crippen molar-refractivity contribution in [3.05, 3.63) is 12.2 Å². The van der Waals surface area contributed by atoms with Crippen molar-refractivity contribution in [1.82, 2.24) is 0 Å². The molecule has 0 aromatic heterocycles. The summed E-state index contributed by atoms with van der Waals surface area (Å²) in [5.74, 6) is 2.19. The van der Waals surface area contributed by atoms with Crippen molar-refractivity contribution in [3.63, 3.8) is 0 Å². The largest absolute Gasteiger partial charge is 0.327 e. The van der Waals surface area contributed by atoms with E-state index in [1.807, 2.05) is 18.7 Å². The van der Waals surface area contributed by atoms with Gasteiger partial charge < -0.3 is 5.73 Å². The van der Waals surface area contributed by atoms with E-state index in [2.05, 4.69) is 19.1 Å². The Bertz CT molecular complexity index is 91.3. The normalized spacial score (nSPS) is 14.3. The van der Waals surface area contributed by atoms with Crippen molar-refractivity contribution >= 4 is 11.8 Å². The quantitative estimate of drug-likeness (QED) is 0.490. The number of hydrogen-bond acceptors (Lipinski definition) is 2. The fraction of sp³-hybridized carbons (Fsp3) is 0.750. The monoisotopic (exact) mass is 159 g/mol. The Hall–Kier alpha value is 0.0500. The zero-order chi connectivity index (χ0) is 7.82. The van der Waals surface area contributed by atoms with Gasteiger partial charge >= 0.3 is 0 Å². The highest BCUT2D eigenvalue weighted by molar-refractivity contribution is 7.99. The molecule has 0 amide bonds. The molecular weight excluding hydrogens is 142 g/mol. The van der Waals surface area contributed by atoms with Crippen LogP contribution in [-0.4, -0.2) is 17.5 Å². The third kappa shape index (κ3) is 6.17. The minimum Gasteiger partial charge on any atom is -0.327 e. The van der Waals surface area contributed by atoms with Crippen molar-refractivity contribution in [2.24, 2.45) is 5.73 Å². The second-order valence-electron chi connectivity index (χ2n) is 2.27. The van der Waals surface area contributed by atoms with Gasteiger partial charge in [-0.1, -0.05) is 19.1 Å². The van der Waals surface area contributed by atoms with E-state index in [-0.39, 0.29) is 0 Å². The van der Waals surface area contributed by atoms with E-state index in [0.29, 0.717) is 6.04 Å². The standard InChI is InChI=1S/C8H17NS/c1-3-5-6-10-7-8(9)4-2/h3,5,8H,4,6-7,9H2,1-2H3. The van der Waals surface area contributed by atoms with E-state index in [4.69, 9.17) is 5.73 Å². The first-order chi connectivity index (χ1) is 4.81. The fourth-order valence-corrected chi connectivity index (χ4v) is 1.50. The third-order valence-electron chi connectivity index (χ3n) is 1.31. The summed E-state index contributed by atoms with van der Waals surface area (Å²) in [4.78, 5) is 0. The molecule has 10 heavy (non-hydrogen) atoms. The van der Waals surface area contributed by atoms with Crippen molar-refractivity contribution < 1.29 is 0 Å². The molecule has 1 nitrogen and oxygen atoms in total. The molecule has 0 aromatic carbocycles. The van der Waals surface area contributed by atoms with Gasteiger partial charge in [0, 0.05) is 17.5 Å². The molecule has 0 aliphatic heterocycles. The molecule has 1 unspecified atom stereocenters. The van der Waals surface area contributed by atoms with Gasteiger partial charge in [-0.15, -0.1) is 0 Å². The van der Waals surface area contributed by atoms with Gasteiger partial charge in [-0.3, -0.25) is 0 Å². The first-order valence-electron chi connectivity index (χ1n) is 3.75. The Morgan fingerprint density at radius 2 is 2.30 bits per heavy atom. The summed E-state index contributed by atoms with van der Waals surface area (Å²) in [6, 6.07) is 0.384. The first kappa shape index (κ1) is 10.0. The number of thioether (sulfide) groups is 1. The summed E-state index contributed by atoms with van der Waals surface area (Å²) in [6.07, 6.45) is 5.32. The summed E-state index contributed by atoms with van der Waals surface area (Å²) in [5.41, 5.74) is 5.71. The molecular formula is C8H17NS. The highest BCUT2D eigenvalue weighted by Crippen LogP contribution is 2.03. The summed E-state index contributed by atoms with van der Waals surface area (Å²) < 4.78 is 0. The second kappa shape index (κ2) is 7.16. The minimum atomic E-state index is 0.384. The molecule has 0 fully saturated rings. The van der Waals surface area contributed by atoms with Gasteiger partial charge in [0.15, 0.2) is 0 Å². The zero-order valence-corrected chi connectivity index (χ0v) is 7.66. The van der Waals surface area contributed by atoms with Crippen molar-refractivity contribution in [3.8, 4) is 0 Å². The first-order valence-corrected chi connectivity index (χ1v) is 4.91. The van der Waals surface area contributed by atoms with E-state index in [0.717, 1.165) is 17.9 Å². The predicted octanol–water partition coefficient (Wildman–Crippen LogP) is 2.03. The van der Waals surface area contributed by atoms with Crippen LogP contribution in [0.3, 0.4) is 0 Å². The molecule has 0 saturated carbocycles. The number of rotatable bonds is 5. The lowest BCUT2D eigenvalue weighted by Crippen LogP contribution is -2.21. The van der Waals surface area contributed by atoms with E-state index in [1.54, 1.807) is 0 Å². The molecule has 60 valence electrons. The van der Waals surface area contributed by atoms with Gasteiger partial charge in [0.05, 0.1) is 0 Å². The van der Waals surface area contributed by atoms with E-state index in [9.17, 15) is 0 Å². The molecule has 0 heterocycles. The molecule has 0 aliphatic carbocycles. The van der Waals surface area contributed by atoms with Crippen LogP contribution in [0.25, 0.3) is 0 Å². The van der Waals surface area contributed by atoms with Crippen molar-refractivity contribution in [1.29, 1.82) is 0 Å². The maximum absolute atomic E-state index is 5.71. The van der Waals surface area contributed by atoms with Gasteiger partial charge in [0.2, 0.25) is 0 Å². The van der Waals surface area contributed by atoms with Crippen LogP contribution in [0.5, 0.6) is 0 Å². The molecule has 0 saturated heterocycles. The average molecular weight is 159 g/mol. The van der Waals surface area contributed by atoms with Crippen LogP contribution in [-0.2, 0) is 0 Å². The smallest absolute Gasteiger partial charge is 0.0127 e. The molecule has 2 N–H and O–H groups in total. The average Bonchev–Trinajstić information content (AvgIpc) is 1.98. The van der Waals surface area contributed by atoms with Crippen LogP contribution in [0.15, 0.2) is 12.2 Å². The summed E-state index contributed by atoms with van der Waals surface area (Å²) in [6.45, 7) is 4.17. The lowest BCUT2D eigenvalue weighted by molar-refractivity contribution is 0.725. The topological polar surface area (TPSA) is 26.0 Å². The van der Waals surface area contributed by atoms with E-state index >= 15 is 0 Å². The van der Waals surface area contributed by atoms with Crippen molar-refractivity contribution in [2.45, 2.75) is 26.3 Å². The van der Waals surface area contributed by atoms with Crippen LogP contribution in [0.1, 0.15) is 20.3 Å². The number of allylic oxidation sites excluding steroid dienone is 1. The predicted molar refractivity (Wildman–Crippen MR) is 50.4 cm³/mol. The van der Waals surface area contributed by atoms with Crippen LogP contribution >= 0.6 is 11.8 Å². The molecule has 1 atom stereocenters. The second-order valence-corrected chi connectivity index (χ2v) is 3.35. The molecule has 2 heteroatoms. The summed E-state index contributed by atoms with van der Waals surface area (Å²) >= 11 is 1.90. The lowest BCUT2D eigenvalue weighted by atomic mass is 10.3. The summed E-state index contributed by atoms with van der Waals surface area (Å²) in [7, 11) is 0. The fourth-order valence-electron chi connectivity index (χ4n) is 0.502. The maximum atomic E-state index is 5.71. The number of nitrogens with two attached hydrogens (primary N) is 1. The van der Waals surface area contributed by atoms with E-state index in [1.165, 1.54) is 0 Å². The SMILES string of the molecule is CC=CCSCC(N)CC. The third-order valence-corrected chi connectivity index (χ3v) is 2.40. The highest BCUT2D eigenvalue weighted by atomic mass is 32.2. The molecule has 0 radical (unpaired) electrons. The molecule has 0 spiro atoms. The highest BCUT2D eigenvalue weighted by Gasteiger charge is 1.95. The van der Waals surface area contributed by atoms with Crippen LogP contribution < -0.4 is 5.73 Å². The Labute approximate surface area is 68.1 Å². The van der Waals surface area contributed by atoms with Crippen LogP contribution in [0.2, 0.25) is 0 Å².